The Bertz CT molecular complexity index is 538. The number of hydrogen-bond acceptors (Lipinski definition) is 4. The standard InChI is InChI=1S/C18H26N4/c1-19(2)15-7-11-21-9-5-6-10-22-12-8-16(20(3)4)14-18(22)17(21)13-15/h7-8,11-14H,5-6,9-10H2,1-4H3/b18-17-. The molecule has 0 saturated carbocycles. The monoisotopic (exact) mass is 298 g/mol. The molecular weight excluding hydrogens is 272 g/mol. The molecule has 0 aromatic rings. The highest BCUT2D eigenvalue weighted by molar-refractivity contribution is 5.45. The molecule has 0 bridgehead atoms. The van der Waals surface area contributed by atoms with Crippen LogP contribution >= 0.6 is 0 Å². The van der Waals surface area contributed by atoms with Gasteiger partial charge in [0.2, 0.25) is 0 Å². The summed E-state index contributed by atoms with van der Waals surface area (Å²) in [6.45, 7) is 2.18. The van der Waals surface area contributed by atoms with Gasteiger partial charge in [-0.25, -0.2) is 0 Å². The van der Waals surface area contributed by atoms with Crippen molar-refractivity contribution in [2.45, 2.75) is 12.8 Å². The molecule has 3 rings (SSSR count). The van der Waals surface area contributed by atoms with Crippen molar-refractivity contribution >= 4 is 0 Å². The highest BCUT2D eigenvalue weighted by atomic mass is 15.2. The maximum atomic E-state index is 2.39. The fourth-order valence-corrected chi connectivity index (χ4v) is 2.99. The van der Waals surface area contributed by atoms with E-state index in [2.05, 4.69) is 84.5 Å². The lowest BCUT2D eigenvalue weighted by molar-refractivity contribution is 0.355. The zero-order valence-electron chi connectivity index (χ0n) is 14.1. The Balaban J connectivity index is 2.10. The predicted octanol–water partition coefficient (Wildman–Crippen LogP) is 2.54. The van der Waals surface area contributed by atoms with E-state index in [1.165, 1.54) is 35.6 Å². The van der Waals surface area contributed by atoms with Crippen molar-refractivity contribution in [3.63, 3.8) is 0 Å². The lowest BCUT2D eigenvalue weighted by atomic mass is 10.1. The molecule has 0 radical (unpaired) electrons. The predicted molar refractivity (Wildman–Crippen MR) is 91.5 cm³/mol. The first-order valence-electron chi connectivity index (χ1n) is 7.98. The normalized spacial score (nSPS) is 24.0. The molecule has 0 aromatic heterocycles. The van der Waals surface area contributed by atoms with Crippen LogP contribution in [0.2, 0.25) is 0 Å². The Kier molecular flexibility index (Phi) is 4.01. The van der Waals surface area contributed by atoms with Gasteiger partial charge < -0.3 is 19.6 Å². The van der Waals surface area contributed by atoms with E-state index in [0.29, 0.717) is 0 Å². The van der Waals surface area contributed by atoms with E-state index >= 15 is 0 Å². The van der Waals surface area contributed by atoms with Gasteiger partial charge in [0.15, 0.2) is 0 Å². The van der Waals surface area contributed by atoms with Crippen LogP contribution < -0.4 is 0 Å². The van der Waals surface area contributed by atoms with E-state index in [1.807, 2.05) is 0 Å². The van der Waals surface area contributed by atoms with Crippen LogP contribution in [0.4, 0.5) is 0 Å². The Morgan fingerprint density at radius 3 is 1.50 bits per heavy atom. The molecule has 3 heterocycles. The molecule has 22 heavy (non-hydrogen) atoms. The molecule has 0 aromatic carbocycles. The average molecular weight is 298 g/mol. The van der Waals surface area contributed by atoms with Gasteiger partial charge in [0, 0.05) is 65.1 Å². The summed E-state index contributed by atoms with van der Waals surface area (Å²) in [7, 11) is 8.39. The van der Waals surface area contributed by atoms with Crippen molar-refractivity contribution < 1.29 is 0 Å². The summed E-state index contributed by atoms with van der Waals surface area (Å²) in [5.41, 5.74) is 5.09. The van der Waals surface area contributed by atoms with Crippen LogP contribution in [0.25, 0.3) is 0 Å². The van der Waals surface area contributed by atoms with Crippen LogP contribution in [-0.2, 0) is 0 Å². The number of likely N-dealkylation sites (N-methyl/N-ethyl adjacent to an activating group) is 2. The zero-order chi connectivity index (χ0) is 15.7. The summed E-state index contributed by atoms with van der Waals surface area (Å²) >= 11 is 0. The Labute approximate surface area is 134 Å². The average Bonchev–Trinajstić information content (AvgIpc) is 2.49. The summed E-state index contributed by atoms with van der Waals surface area (Å²) in [4.78, 5) is 9.11. The summed E-state index contributed by atoms with van der Waals surface area (Å²) in [6, 6.07) is 0. The van der Waals surface area contributed by atoms with Crippen LogP contribution in [-0.4, -0.2) is 60.9 Å². The molecule has 3 aliphatic heterocycles. The number of rotatable bonds is 2. The summed E-state index contributed by atoms with van der Waals surface area (Å²) in [5, 5.41) is 0. The lowest BCUT2D eigenvalue weighted by Gasteiger charge is -2.36. The van der Waals surface area contributed by atoms with Gasteiger partial charge in [0.25, 0.3) is 0 Å². The molecule has 4 nitrogen and oxygen atoms in total. The van der Waals surface area contributed by atoms with Crippen molar-refractivity contribution in [3.8, 4) is 0 Å². The number of hydrogen-bond donors (Lipinski definition) is 0. The maximum absolute atomic E-state index is 2.39. The molecular formula is C18H26N4. The second kappa shape index (κ2) is 5.95. The third kappa shape index (κ3) is 2.78. The van der Waals surface area contributed by atoms with Crippen molar-refractivity contribution in [2.75, 3.05) is 41.3 Å². The van der Waals surface area contributed by atoms with Gasteiger partial charge >= 0.3 is 0 Å². The van der Waals surface area contributed by atoms with Crippen LogP contribution in [0, 0.1) is 0 Å². The Morgan fingerprint density at radius 2 is 1.14 bits per heavy atom. The first-order valence-corrected chi connectivity index (χ1v) is 7.98. The van der Waals surface area contributed by atoms with Crippen LogP contribution in [0.1, 0.15) is 12.8 Å². The molecule has 0 saturated heterocycles. The first kappa shape index (κ1) is 14.8. The van der Waals surface area contributed by atoms with Gasteiger partial charge in [-0.3, -0.25) is 0 Å². The van der Waals surface area contributed by atoms with E-state index < -0.39 is 0 Å². The van der Waals surface area contributed by atoms with Gasteiger partial charge in [-0.1, -0.05) is 0 Å². The van der Waals surface area contributed by atoms with Gasteiger partial charge in [0.1, 0.15) is 0 Å². The minimum Gasteiger partial charge on any atom is -0.378 e. The molecule has 0 atom stereocenters. The van der Waals surface area contributed by atoms with Crippen molar-refractivity contribution in [3.05, 3.63) is 59.5 Å². The van der Waals surface area contributed by atoms with E-state index in [9.17, 15) is 0 Å². The molecule has 0 amide bonds. The van der Waals surface area contributed by atoms with Crippen LogP contribution in [0.15, 0.2) is 59.5 Å². The van der Waals surface area contributed by atoms with Crippen LogP contribution in [0.5, 0.6) is 0 Å². The second-order valence-electron chi connectivity index (χ2n) is 6.42. The minimum atomic E-state index is 1.09. The highest BCUT2D eigenvalue weighted by Gasteiger charge is 2.22. The number of fused-ring (bicyclic) bond motifs is 2. The Morgan fingerprint density at radius 1 is 0.727 bits per heavy atom. The largest absolute Gasteiger partial charge is 0.378 e. The van der Waals surface area contributed by atoms with E-state index in [1.54, 1.807) is 0 Å². The fraction of sp³-hybridized carbons (Fsp3) is 0.444. The second-order valence-corrected chi connectivity index (χ2v) is 6.42. The molecule has 118 valence electrons. The topological polar surface area (TPSA) is 13.0 Å². The lowest BCUT2D eigenvalue weighted by Crippen LogP contribution is -2.32. The molecule has 4 heteroatoms. The number of allylic oxidation sites excluding steroid dienone is 4. The molecule has 0 unspecified atom stereocenters. The smallest absolute Gasteiger partial charge is 0.0668 e. The highest BCUT2D eigenvalue weighted by Crippen LogP contribution is 2.30. The van der Waals surface area contributed by atoms with Gasteiger partial charge in [-0.05, 0) is 37.1 Å². The third-order valence-corrected chi connectivity index (χ3v) is 4.38. The summed E-state index contributed by atoms with van der Waals surface area (Å²) in [5.74, 6) is 0. The van der Waals surface area contributed by atoms with Crippen molar-refractivity contribution in [1.82, 2.24) is 19.6 Å². The van der Waals surface area contributed by atoms with Gasteiger partial charge in [-0.2, -0.15) is 0 Å². The first-order chi connectivity index (χ1) is 10.6. The Hall–Kier alpha value is -2.10. The number of nitrogens with zero attached hydrogens (tertiary/aromatic N) is 4. The van der Waals surface area contributed by atoms with E-state index in [4.69, 9.17) is 0 Å². The van der Waals surface area contributed by atoms with Crippen molar-refractivity contribution in [2.24, 2.45) is 0 Å². The van der Waals surface area contributed by atoms with Gasteiger partial charge in [0.05, 0.1) is 11.4 Å². The zero-order valence-corrected chi connectivity index (χ0v) is 14.1. The third-order valence-electron chi connectivity index (χ3n) is 4.38. The SMILES string of the molecule is CN(C)C1=C/C2=C3\C=C(N(C)C)C=CN3CCCCN2C=C1. The molecule has 3 aliphatic rings. The molecule has 0 fully saturated rings. The fourth-order valence-electron chi connectivity index (χ4n) is 2.99. The summed E-state index contributed by atoms with van der Waals surface area (Å²) < 4.78 is 0. The molecule has 0 aliphatic carbocycles. The molecule has 0 N–H and O–H groups in total. The quantitative estimate of drug-likeness (QED) is 0.776. The van der Waals surface area contributed by atoms with Crippen molar-refractivity contribution in [1.29, 1.82) is 0 Å². The maximum Gasteiger partial charge on any atom is 0.0668 e. The minimum absolute atomic E-state index is 1.09. The molecule has 0 spiro atoms. The van der Waals surface area contributed by atoms with Gasteiger partial charge in [-0.15, -0.1) is 0 Å². The van der Waals surface area contributed by atoms with E-state index in [-0.39, 0.29) is 0 Å². The summed E-state index contributed by atoms with van der Waals surface area (Å²) in [6.07, 6.45) is 15.9. The van der Waals surface area contributed by atoms with E-state index in [0.717, 1.165) is 13.1 Å². The van der Waals surface area contributed by atoms with Crippen LogP contribution in [0.3, 0.4) is 0 Å².